The lowest BCUT2D eigenvalue weighted by Gasteiger charge is -1.92. The molecule has 0 aliphatic rings. The number of hydrogen-bond donors (Lipinski definition) is 1. The average molecular weight is 244 g/mol. The summed E-state index contributed by atoms with van der Waals surface area (Å²) >= 11 is 1.77. The fourth-order valence-electron chi connectivity index (χ4n) is 1.15. The lowest BCUT2D eigenvalue weighted by Crippen LogP contribution is -1.96. The van der Waals surface area contributed by atoms with E-state index in [1.807, 2.05) is 0 Å². The zero-order valence-corrected chi connectivity index (χ0v) is 10.1. The Morgan fingerprint density at radius 2 is 2.38 bits per heavy atom. The first-order chi connectivity index (χ1) is 7.72. The van der Waals surface area contributed by atoms with E-state index < -0.39 is 5.97 Å². The van der Waals surface area contributed by atoms with E-state index in [1.54, 1.807) is 11.8 Å². The van der Waals surface area contributed by atoms with Crippen molar-refractivity contribution >= 4 is 17.7 Å². The first-order valence-electron chi connectivity index (χ1n) is 5.33. The zero-order valence-electron chi connectivity index (χ0n) is 9.31. The number of aromatic nitrogens is 2. The van der Waals surface area contributed by atoms with Gasteiger partial charge in [0.15, 0.2) is 5.82 Å². The molecule has 1 aromatic rings. The molecule has 0 saturated carbocycles. The molecule has 0 radical (unpaired) electrons. The van der Waals surface area contributed by atoms with E-state index in [0.29, 0.717) is 24.6 Å². The van der Waals surface area contributed by atoms with Crippen LogP contribution in [0.15, 0.2) is 4.52 Å². The fraction of sp³-hybridized carbons (Fsp3) is 0.700. The lowest BCUT2D eigenvalue weighted by molar-refractivity contribution is -0.137. The van der Waals surface area contributed by atoms with Crippen molar-refractivity contribution in [3.8, 4) is 0 Å². The molecule has 5 nitrogen and oxygen atoms in total. The van der Waals surface area contributed by atoms with Crippen molar-refractivity contribution < 1.29 is 14.4 Å². The van der Waals surface area contributed by atoms with Crippen molar-refractivity contribution in [2.45, 2.75) is 38.4 Å². The summed E-state index contributed by atoms with van der Waals surface area (Å²) in [6.45, 7) is 2.13. The van der Waals surface area contributed by atoms with E-state index >= 15 is 0 Å². The maximum absolute atomic E-state index is 10.3. The molecule has 16 heavy (non-hydrogen) atoms. The molecular formula is C10H16N2O3S. The number of nitrogens with zero attached hydrogens (tertiary/aromatic N) is 2. The smallest absolute Gasteiger partial charge is 0.303 e. The summed E-state index contributed by atoms with van der Waals surface area (Å²) in [5.41, 5.74) is 0. The van der Waals surface area contributed by atoms with E-state index in [1.165, 1.54) is 0 Å². The van der Waals surface area contributed by atoms with Gasteiger partial charge < -0.3 is 9.63 Å². The molecule has 0 saturated heterocycles. The number of hydrogen-bond acceptors (Lipinski definition) is 5. The Bertz CT molecular complexity index is 328. The maximum atomic E-state index is 10.3. The van der Waals surface area contributed by atoms with Gasteiger partial charge in [0.2, 0.25) is 5.89 Å². The van der Waals surface area contributed by atoms with Crippen molar-refractivity contribution in [3.05, 3.63) is 11.7 Å². The van der Waals surface area contributed by atoms with Gasteiger partial charge in [-0.3, -0.25) is 4.79 Å². The third kappa shape index (κ3) is 5.16. The quantitative estimate of drug-likeness (QED) is 0.706. The molecule has 0 fully saturated rings. The molecule has 0 aliphatic heterocycles. The van der Waals surface area contributed by atoms with Crippen molar-refractivity contribution in [1.29, 1.82) is 0 Å². The summed E-state index contributed by atoms with van der Waals surface area (Å²) in [5, 5.41) is 12.3. The number of carbonyl (C=O) groups is 1. The van der Waals surface area contributed by atoms with E-state index in [9.17, 15) is 4.79 Å². The molecule has 1 rings (SSSR count). The summed E-state index contributed by atoms with van der Waals surface area (Å²) in [7, 11) is 0. The Morgan fingerprint density at radius 1 is 1.56 bits per heavy atom. The molecular weight excluding hydrogens is 228 g/mol. The summed E-state index contributed by atoms with van der Waals surface area (Å²) in [5.74, 6) is 2.29. The largest absolute Gasteiger partial charge is 0.481 e. The standard InChI is InChI=1S/C10H16N2O3S/c1-2-6-16-7-8-11-9(15-12-8)4-3-5-10(13)14/h2-7H2,1H3,(H,13,14). The van der Waals surface area contributed by atoms with Gasteiger partial charge in [0.25, 0.3) is 0 Å². The molecule has 6 heteroatoms. The van der Waals surface area contributed by atoms with Gasteiger partial charge in [-0.1, -0.05) is 12.1 Å². The van der Waals surface area contributed by atoms with Gasteiger partial charge in [-0.25, -0.2) is 0 Å². The second kappa shape index (κ2) is 7.27. The Morgan fingerprint density at radius 3 is 3.06 bits per heavy atom. The van der Waals surface area contributed by atoms with Crippen molar-refractivity contribution in [1.82, 2.24) is 10.1 Å². The highest BCUT2D eigenvalue weighted by Gasteiger charge is 2.06. The topological polar surface area (TPSA) is 76.2 Å². The van der Waals surface area contributed by atoms with Crippen LogP contribution >= 0.6 is 11.8 Å². The molecule has 0 atom stereocenters. The lowest BCUT2D eigenvalue weighted by atomic mass is 10.2. The summed E-state index contributed by atoms with van der Waals surface area (Å²) in [4.78, 5) is 14.5. The van der Waals surface area contributed by atoms with Crippen LogP contribution in [0, 0.1) is 0 Å². The molecule has 0 bridgehead atoms. The molecule has 0 aliphatic carbocycles. The highest BCUT2D eigenvalue weighted by Crippen LogP contribution is 2.11. The van der Waals surface area contributed by atoms with Gasteiger partial charge >= 0.3 is 5.97 Å². The van der Waals surface area contributed by atoms with Crippen LogP contribution in [-0.4, -0.2) is 27.0 Å². The zero-order chi connectivity index (χ0) is 11.8. The molecule has 1 aromatic heterocycles. The van der Waals surface area contributed by atoms with E-state index in [0.717, 1.165) is 17.9 Å². The number of carboxylic acid groups (broad SMARTS) is 1. The van der Waals surface area contributed by atoms with Crippen LogP contribution < -0.4 is 0 Å². The molecule has 90 valence electrons. The molecule has 1 N–H and O–H groups in total. The van der Waals surface area contributed by atoms with Crippen LogP contribution in [0.25, 0.3) is 0 Å². The Balaban J connectivity index is 2.25. The second-order valence-electron chi connectivity index (χ2n) is 3.40. The van der Waals surface area contributed by atoms with Crippen LogP contribution in [0.4, 0.5) is 0 Å². The Labute approximate surface area is 98.6 Å². The van der Waals surface area contributed by atoms with Gasteiger partial charge in [0.05, 0.1) is 5.75 Å². The number of aliphatic carboxylic acids is 1. The van der Waals surface area contributed by atoms with Crippen molar-refractivity contribution in [3.63, 3.8) is 0 Å². The number of carboxylic acids is 1. The molecule has 0 aromatic carbocycles. The third-order valence-electron chi connectivity index (χ3n) is 1.87. The monoisotopic (exact) mass is 244 g/mol. The van der Waals surface area contributed by atoms with Gasteiger partial charge in [-0.15, -0.1) is 0 Å². The predicted octanol–water partition coefficient (Wildman–Crippen LogP) is 2.12. The molecule has 0 amide bonds. The van der Waals surface area contributed by atoms with Crippen LogP contribution in [0.1, 0.15) is 37.9 Å². The van der Waals surface area contributed by atoms with Crippen LogP contribution in [-0.2, 0) is 17.0 Å². The molecule has 0 unspecified atom stereocenters. The Kier molecular flexibility index (Phi) is 5.92. The van der Waals surface area contributed by atoms with Gasteiger partial charge in [0.1, 0.15) is 0 Å². The third-order valence-corrected chi connectivity index (χ3v) is 3.03. The van der Waals surface area contributed by atoms with E-state index in [-0.39, 0.29) is 6.42 Å². The van der Waals surface area contributed by atoms with Crippen LogP contribution in [0.2, 0.25) is 0 Å². The fourth-order valence-corrected chi connectivity index (χ4v) is 1.88. The first-order valence-corrected chi connectivity index (χ1v) is 6.49. The normalized spacial score (nSPS) is 10.6. The van der Waals surface area contributed by atoms with E-state index in [4.69, 9.17) is 9.63 Å². The second-order valence-corrected chi connectivity index (χ2v) is 4.51. The maximum Gasteiger partial charge on any atom is 0.303 e. The number of rotatable bonds is 8. The van der Waals surface area contributed by atoms with Crippen LogP contribution in [0.3, 0.4) is 0 Å². The Hall–Kier alpha value is -1.04. The predicted molar refractivity (Wildman–Crippen MR) is 61.3 cm³/mol. The highest BCUT2D eigenvalue weighted by molar-refractivity contribution is 7.98. The average Bonchev–Trinajstić information content (AvgIpc) is 2.66. The summed E-state index contributed by atoms with van der Waals surface area (Å²) < 4.78 is 5.01. The minimum atomic E-state index is -0.793. The molecule has 1 heterocycles. The molecule has 0 spiro atoms. The first kappa shape index (κ1) is 13.0. The van der Waals surface area contributed by atoms with Gasteiger partial charge in [0, 0.05) is 12.8 Å². The summed E-state index contributed by atoms with van der Waals surface area (Å²) in [6, 6.07) is 0. The minimum absolute atomic E-state index is 0.141. The number of aryl methyl sites for hydroxylation is 1. The SMILES string of the molecule is CCCSCc1noc(CCCC(=O)O)n1. The van der Waals surface area contributed by atoms with E-state index in [2.05, 4.69) is 17.1 Å². The van der Waals surface area contributed by atoms with Crippen LogP contribution in [0.5, 0.6) is 0 Å². The summed E-state index contributed by atoms with van der Waals surface area (Å²) in [6.07, 6.45) is 2.35. The number of thioether (sulfide) groups is 1. The highest BCUT2D eigenvalue weighted by atomic mass is 32.2. The van der Waals surface area contributed by atoms with Crippen molar-refractivity contribution in [2.24, 2.45) is 0 Å². The minimum Gasteiger partial charge on any atom is -0.481 e. The van der Waals surface area contributed by atoms with Crippen molar-refractivity contribution in [2.75, 3.05) is 5.75 Å². The van der Waals surface area contributed by atoms with Gasteiger partial charge in [-0.05, 0) is 18.6 Å². The van der Waals surface area contributed by atoms with Gasteiger partial charge in [-0.2, -0.15) is 16.7 Å².